The van der Waals surface area contributed by atoms with Crippen molar-refractivity contribution in [2.75, 3.05) is 11.5 Å². The Labute approximate surface area is 96.6 Å². The topological polar surface area (TPSA) is 94.0 Å². The van der Waals surface area contributed by atoms with Crippen LogP contribution in [0.25, 0.3) is 0 Å². The summed E-state index contributed by atoms with van der Waals surface area (Å²) in [6.07, 6.45) is 1.25. The highest BCUT2D eigenvalue weighted by Crippen LogP contribution is 2.30. The van der Waals surface area contributed by atoms with Gasteiger partial charge in [0.25, 0.3) is 0 Å². The van der Waals surface area contributed by atoms with E-state index in [1.807, 2.05) is 6.92 Å². The molecule has 7 heteroatoms. The Bertz CT molecular complexity index is 339. The summed E-state index contributed by atoms with van der Waals surface area (Å²) < 4.78 is 1.13. The number of hydrogen-bond acceptors (Lipinski definition) is 6. The lowest BCUT2D eigenvalue weighted by atomic mass is 10.3. The maximum atomic E-state index is 10.8. The minimum atomic E-state index is -0.129. The van der Waals surface area contributed by atoms with Gasteiger partial charge in [-0.3, -0.25) is 10.2 Å². The van der Waals surface area contributed by atoms with E-state index in [1.54, 1.807) is 11.8 Å². The van der Waals surface area contributed by atoms with E-state index in [-0.39, 0.29) is 5.91 Å². The average Bonchev–Trinajstić information content (AvgIpc) is 2.52. The van der Waals surface area contributed by atoms with Gasteiger partial charge in [-0.2, -0.15) is 0 Å². The molecule has 0 aromatic carbocycles. The predicted octanol–water partition coefficient (Wildman–Crippen LogP) is 0.896. The summed E-state index contributed by atoms with van der Waals surface area (Å²) in [7, 11) is 0. The number of thiazole rings is 1. The van der Waals surface area contributed by atoms with Crippen LogP contribution >= 0.6 is 23.1 Å². The number of anilines is 1. The van der Waals surface area contributed by atoms with E-state index in [0.29, 0.717) is 11.6 Å². The highest BCUT2D eigenvalue weighted by Gasteiger charge is 2.06. The van der Waals surface area contributed by atoms with Crippen LogP contribution in [0, 0.1) is 6.92 Å². The van der Waals surface area contributed by atoms with Crippen molar-refractivity contribution < 1.29 is 4.79 Å². The Kier molecular flexibility index (Phi) is 4.86. The zero-order valence-corrected chi connectivity index (χ0v) is 10.1. The van der Waals surface area contributed by atoms with Crippen LogP contribution in [0.1, 0.15) is 18.5 Å². The quantitative estimate of drug-likeness (QED) is 0.236. The second-order valence-electron chi connectivity index (χ2n) is 2.94. The van der Waals surface area contributed by atoms with E-state index in [2.05, 4.69) is 10.4 Å². The van der Waals surface area contributed by atoms with Crippen LogP contribution < -0.4 is 17.0 Å². The molecule has 0 saturated heterocycles. The van der Waals surface area contributed by atoms with Gasteiger partial charge < -0.3 is 5.73 Å². The van der Waals surface area contributed by atoms with Gasteiger partial charge in [-0.25, -0.2) is 10.8 Å². The van der Waals surface area contributed by atoms with Crippen molar-refractivity contribution in [3.05, 3.63) is 5.69 Å². The van der Waals surface area contributed by atoms with Gasteiger partial charge in [0.05, 0.1) is 9.90 Å². The van der Waals surface area contributed by atoms with E-state index >= 15 is 0 Å². The zero-order chi connectivity index (χ0) is 11.3. The molecule has 1 aromatic heterocycles. The predicted molar refractivity (Wildman–Crippen MR) is 63.6 cm³/mol. The van der Waals surface area contributed by atoms with Crippen molar-refractivity contribution in [2.45, 2.75) is 24.0 Å². The number of nitrogens with one attached hydrogen (secondary N) is 1. The summed E-state index contributed by atoms with van der Waals surface area (Å²) in [5.41, 5.74) is 8.63. The summed E-state index contributed by atoms with van der Waals surface area (Å²) >= 11 is 3.16. The highest BCUT2D eigenvalue weighted by molar-refractivity contribution is 8.01. The molecule has 0 bridgehead atoms. The third kappa shape index (κ3) is 4.06. The average molecular weight is 246 g/mol. The van der Waals surface area contributed by atoms with Crippen molar-refractivity contribution in [1.82, 2.24) is 10.4 Å². The Hall–Kier alpha value is -0.790. The lowest BCUT2D eigenvalue weighted by Crippen LogP contribution is -2.29. The zero-order valence-electron chi connectivity index (χ0n) is 8.45. The molecule has 84 valence electrons. The third-order valence-corrected chi connectivity index (χ3v) is 4.15. The van der Waals surface area contributed by atoms with Crippen molar-refractivity contribution in [2.24, 2.45) is 5.84 Å². The molecule has 5 nitrogen and oxygen atoms in total. The number of carbonyl (C=O) groups excluding carboxylic acids is 1. The lowest BCUT2D eigenvalue weighted by Gasteiger charge is -1.99. The molecule has 0 saturated carbocycles. The molecular formula is C8H14N4OS2. The number of thioether (sulfide) groups is 1. The summed E-state index contributed by atoms with van der Waals surface area (Å²) in [6.45, 7) is 1.93. The number of rotatable bonds is 5. The molecule has 1 rings (SSSR count). The van der Waals surface area contributed by atoms with Crippen molar-refractivity contribution in [3.63, 3.8) is 0 Å². The molecule has 1 aromatic rings. The lowest BCUT2D eigenvalue weighted by molar-refractivity contribution is -0.121. The van der Waals surface area contributed by atoms with Crippen LogP contribution in [0.4, 0.5) is 5.13 Å². The first-order valence-corrected chi connectivity index (χ1v) is 6.29. The Morgan fingerprint density at radius 3 is 2.93 bits per heavy atom. The molecule has 0 aliphatic carbocycles. The van der Waals surface area contributed by atoms with Gasteiger partial charge in [-0.1, -0.05) is 11.3 Å². The number of aromatic nitrogens is 1. The number of hydrazine groups is 1. The van der Waals surface area contributed by atoms with Crippen LogP contribution in [0.3, 0.4) is 0 Å². The normalized spacial score (nSPS) is 10.3. The maximum Gasteiger partial charge on any atom is 0.233 e. The van der Waals surface area contributed by atoms with Gasteiger partial charge in [0, 0.05) is 6.42 Å². The number of aryl methyl sites for hydroxylation is 1. The minimum Gasteiger partial charge on any atom is -0.375 e. The van der Waals surface area contributed by atoms with E-state index in [0.717, 1.165) is 22.1 Å². The van der Waals surface area contributed by atoms with Gasteiger partial charge in [0.2, 0.25) is 5.91 Å². The number of hydrogen-bond donors (Lipinski definition) is 3. The molecule has 0 atom stereocenters. The molecule has 0 radical (unpaired) electrons. The highest BCUT2D eigenvalue weighted by atomic mass is 32.2. The molecule has 1 heterocycles. The number of nitrogens with zero attached hydrogens (tertiary/aromatic N) is 1. The monoisotopic (exact) mass is 246 g/mol. The number of nitrogen functional groups attached to an aromatic ring is 1. The Morgan fingerprint density at radius 1 is 1.67 bits per heavy atom. The standard InChI is InChI=1S/C8H14N4OS2/c1-5-7(15-8(9)11-5)14-4-2-3-6(13)12-10/h2-4,10H2,1H3,(H2,9,11)(H,12,13). The number of carbonyl (C=O) groups is 1. The summed E-state index contributed by atoms with van der Waals surface area (Å²) in [5, 5.41) is 0.592. The molecule has 0 aliphatic rings. The summed E-state index contributed by atoms with van der Waals surface area (Å²) in [5.74, 6) is 5.70. The molecule has 1 amide bonds. The van der Waals surface area contributed by atoms with Crippen molar-refractivity contribution >= 4 is 34.1 Å². The van der Waals surface area contributed by atoms with Gasteiger partial charge in [0.1, 0.15) is 0 Å². The van der Waals surface area contributed by atoms with Crippen molar-refractivity contribution in [3.8, 4) is 0 Å². The molecule has 5 N–H and O–H groups in total. The van der Waals surface area contributed by atoms with Gasteiger partial charge in [-0.15, -0.1) is 11.8 Å². The fourth-order valence-electron chi connectivity index (χ4n) is 1.01. The van der Waals surface area contributed by atoms with Crippen LogP contribution in [-0.4, -0.2) is 16.6 Å². The van der Waals surface area contributed by atoms with Crippen LogP contribution in [0.15, 0.2) is 4.21 Å². The third-order valence-electron chi connectivity index (χ3n) is 1.71. The largest absolute Gasteiger partial charge is 0.375 e. The Morgan fingerprint density at radius 2 is 2.40 bits per heavy atom. The second-order valence-corrected chi connectivity index (χ2v) is 5.34. The van der Waals surface area contributed by atoms with Crippen LogP contribution in [0.5, 0.6) is 0 Å². The van der Waals surface area contributed by atoms with Gasteiger partial charge in [-0.05, 0) is 19.1 Å². The Balaban J connectivity index is 2.26. The molecule has 0 spiro atoms. The molecule has 0 fully saturated rings. The minimum absolute atomic E-state index is 0.129. The van der Waals surface area contributed by atoms with E-state index in [4.69, 9.17) is 11.6 Å². The fourth-order valence-corrected chi connectivity index (χ4v) is 3.04. The molecule has 15 heavy (non-hydrogen) atoms. The van der Waals surface area contributed by atoms with Gasteiger partial charge in [0.15, 0.2) is 5.13 Å². The summed E-state index contributed by atoms with van der Waals surface area (Å²) in [6, 6.07) is 0. The first-order chi connectivity index (χ1) is 7.13. The molecule has 0 aliphatic heterocycles. The fraction of sp³-hybridized carbons (Fsp3) is 0.500. The smallest absolute Gasteiger partial charge is 0.233 e. The SMILES string of the molecule is Cc1nc(N)sc1SCCCC(=O)NN. The first kappa shape index (κ1) is 12.3. The molecule has 0 unspecified atom stereocenters. The van der Waals surface area contributed by atoms with Gasteiger partial charge >= 0.3 is 0 Å². The maximum absolute atomic E-state index is 10.8. The molecular weight excluding hydrogens is 232 g/mol. The van der Waals surface area contributed by atoms with Crippen LogP contribution in [0.2, 0.25) is 0 Å². The van der Waals surface area contributed by atoms with E-state index < -0.39 is 0 Å². The first-order valence-electron chi connectivity index (χ1n) is 4.48. The van der Waals surface area contributed by atoms with E-state index in [9.17, 15) is 4.79 Å². The van der Waals surface area contributed by atoms with E-state index in [1.165, 1.54) is 11.3 Å². The van der Waals surface area contributed by atoms with Crippen molar-refractivity contribution in [1.29, 1.82) is 0 Å². The summed E-state index contributed by atoms with van der Waals surface area (Å²) in [4.78, 5) is 14.9. The van der Waals surface area contributed by atoms with Crippen LogP contribution in [-0.2, 0) is 4.79 Å². The number of amides is 1. The number of nitrogens with two attached hydrogens (primary N) is 2. The second kappa shape index (κ2) is 5.94.